The third-order valence-electron chi connectivity index (χ3n) is 7.01. The molecule has 0 amide bonds. The minimum absolute atomic E-state index is 0.0111. The predicted octanol–water partition coefficient (Wildman–Crippen LogP) is 6.81. The third-order valence-corrected chi connectivity index (χ3v) is 7.01. The van der Waals surface area contributed by atoms with E-state index in [4.69, 9.17) is 33.2 Å². The number of hydrogen-bond acceptors (Lipinski definition) is 8. The maximum absolute atomic E-state index is 10.8. The fraction of sp³-hybridized carbons (Fsp3) is 0.294. The lowest BCUT2D eigenvalue weighted by molar-refractivity contribution is 0.324. The minimum Gasteiger partial charge on any atom is -0.504 e. The molecule has 42 heavy (non-hydrogen) atoms. The first-order valence-electron chi connectivity index (χ1n) is 13.6. The van der Waals surface area contributed by atoms with E-state index in [0.717, 1.165) is 35.3 Å². The molecule has 8 heteroatoms. The van der Waals surface area contributed by atoms with Crippen LogP contribution in [0.3, 0.4) is 0 Å². The Morgan fingerprint density at radius 2 is 1.00 bits per heavy atom. The first-order valence-corrected chi connectivity index (χ1v) is 13.6. The van der Waals surface area contributed by atoms with Crippen LogP contribution in [0.4, 0.5) is 0 Å². The zero-order valence-electron chi connectivity index (χ0n) is 25.0. The first kappa shape index (κ1) is 30.2. The molecular weight excluding hydrogens is 536 g/mol. The number of methoxy groups -OCH3 is 6. The minimum atomic E-state index is -0.0111. The topological polar surface area (TPSA) is 84.8 Å². The Morgan fingerprint density at radius 1 is 0.452 bits per heavy atom. The standard InChI is InChI=1S/C34H38O8/c1-36-26-9-7-8-22(16-26)10-11-23-14-15-28(37-2)29(18-23)42-32-21-24(17-27(35)33(32)40-5)12-13-25-19-30(38-3)34(41-6)31(20-25)39-4/h7-9,14-21,35H,10-13H2,1-6H3. The van der Waals surface area contributed by atoms with Crippen molar-refractivity contribution in [2.24, 2.45) is 0 Å². The zero-order valence-corrected chi connectivity index (χ0v) is 25.0. The van der Waals surface area contributed by atoms with Crippen LogP contribution in [0, 0.1) is 0 Å². The van der Waals surface area contributed by atoms with Crippen LogP contribution >= 0.6 is 0 Å². The fourth-order valence-electron chi connectivity index (χ4n) is 4.83. The van der Waals surface area contributed by atoms with E-state index in [9.17, 15) is 5.11 Å². The normalized spacial score (nSPS) is 10.6. The molecule has 4 aromatic rings. The summed E-state index contributed by atoms with van der Waals surface area (Å²) in [6.07, 6.45) is 2.91. The molecule has 4 rings (SSSR count). The van der Waals surface area contributed by atoms with Crippen LogP contribution in [-0.4, -0.2) is 47.8 Å². The van der Waals surface area contributed by atoms with Gasteiger partial charge < -0.3 is 38.3 Å². The van der Waals surface area contributed by atoms with Gasteiger partial charge in [0.1, 0.15) is 5.75 Å². The summed E-state index contributed by atoms with van der Waals surface area (Å²) in [5.41, 5.74) is 4.12. The van der Waals surface area contributed by atoms with Crippen molar-refractivity contribution in [2.45, 2.75) is 25.7 Å². The number of benzene rings is 4. The smallest absolute Gasteiger partial charge is 0.203 e. The third kappa shape index (κ3) is 7.13. The summed E-state index contributed by atoms with van der Waals surface area (Å²) in [6.45, 7) is 0. The van der Waals surface area contributed by atoms with E-state index in [0.29, 0.717) is 47.3 Å². The Bertz CT molecular complexity index is 1470. The molecule has 1 N–H and O–H groups in total. The van der Waals surface area contributed by atoms with Gasteiger partial charge in [-0.1, -0.05) is 18.2 Å². The number of aryl methyl sites for hydroxylation is 4. The molecule has 0 aromatic heterocycles. The molecule has 4 aromatic carbocycles. The van der Waals surface area contributed by atoms with Crippen molar-refractivity contribution in [3.8, 4) is 51.7 Å². The maximum Gasteiger partial charge on any atom is 0.203 e. The number of aromatic hydroxyl groups is 1. The molecule has 0 unspecified atom stereocenters. The van der Waals surface area contributed by atoms with Crippen LogP contribution in [0.2, 0.25) is 0 Å². The molecule has 0 bridgehead atoms. The summed E-state index contributed by atoms with van der Waals surface area (Å²) >= 11 is 0. The summed E-state index contributed by atoms with van der Waals surface area (Å²) < 4.78 is 39.2. The molecule has 0 saturated carbocycles. The van der Waals surface area contributed by atoms with Crippen LogP contribution in [0.25, 0.3) is 0 Å². The van der Waals surface area contributed by atoms with Gasteiger partial charge in [0.25, 0.3) is 0 Å². The average molecular weight is 575 g/mol. The molecule has 222 valence electrons. The Morgan fingerprint density at radius 3 is 1.60 bits per heavy atom. The van der Waals surface area contributed by atoms with Crippen LogP contribution in [0.5, 0.6) is 51.7 Å². The number of phenols is 1. The van der Waals surface area contributed by atoms with Crippen LogP contribution < -0.4 is 33.2 Å². The highest BCUT2D eigenvalue weighted by atomic mass is 16.5. The molecular formula is C34H38O8. The van der Waals surface area contributed by atoms with E-state index in [1.54, 1.807) is 41.6 Å². The molecule has 0 aliphatic rings. The fourth-order valence-corrected chi connectivity index (χ4v) is 4.83. The largest absolute Gasteiger partial charge is 0.504 e. The van der Waals surface area contributed by atoms with Gasteiger partial charge in [-0.05, 0) is 96.5 Å². The van der Waals surface area contributed by atoms with Gasteiger partial charge in [0.05, 0.1) is 42.7 Å². The molecule has 0 heterocycles. The number of rotatable bonds is 14. The van der Waals surface area contributed by atoms with Crippen molar-refractivity contribution < 1.29 is 38.3 Å². The van der Waals surface area contributed by atoms with Crippen molar-refractivity contribution in [1.29, 1.82) is 0 Å². The first-order chi connectivity index (χ1) is 20.4. The van der Waals surface area contributed by atoms with Crippen LogP contribution in [-0.2, 0) is 25.7 Å². The Kier molecular flexibility index (Phi) is 10.3. The second kappa shape index (κ2) is 14.3. The Balaban J connectivity index is 1.56. The number of phenolic OH excluding ortho intramolecular Hbond substituents is 1. The van der Waals surface area contributed by atoms with E-state index in [-0.39, 0.29) is 11.5 Å². The van der Waals surface area contributed by atoms with Gasteiger partial charge in [-0.25, -0.2) is 0 Å². The van der Waals surface area contributed by atoms with Crippen molar-refractivity contribution in [3.63, 3.8) is 0 Å². The second-order valence-electron chi connectivity index (χ2n) is 9.62. The Hall–Kier alpha value is -4.72. The van der Waals surface area contributed by atoms with Crippen molar-refractivity contribution in [3.05, 3.63) is 89.0 Å². The van der Waals surface area contributed by atoms with E-state index < -0.39 is 0 Å². The highest BCUT2D eigenvalue weighted by molar-refractivity contribution is 5.57. The van der Waals surface area contributed by atoms with Gasteiger partial charge in [0.2, 0.25) is 11.5 Å². The number of ether oxygens (including phenoxy) is 7. The lowest BCUT2D eigenvalue weighted by Crippen LogP contribution is -2.00. The molecule has 0 saturated heterocycles. The average Bonchev–Trinajstić information content (AvgIpc) is 3.02. The van der Waals surface area contributed by atoms with E-state index in [1.165, 1.54) is 12.7 Å². The SMILES string of the molecule is COc1cccc(CCc2ccc(OC)c(Oc3cc(CCc4cc(OC)c(OC)c(OC)c4)cc(O)c3OC)c2)c1. The summed E-state index contributed by atoms with van der Waals surface area (Å²) in [7, 11) is 9.52. The molecule has 0 aliphatic carbocycles. The van der Waals surface area contributed by atoms with E-state index >= 15 is 0 Å². The van der Waals surface area contributed by atoms with E-state index in [2.05, 4.69) is 6.07 Å². The molecule has 0 atom stereocenters. The highest BCUT2D eigenvalue weighted by Crippen LogP contribution is 2.43. The van der Waals surface area contributed by atoms with Gasteiger partial charge in [-0.2, -0.15) is 0 Å². The van der Waals surface area contributed by atoms with Gasteiger partial charge in [0, 0.05) is 0 Å². The monoisotopic (exact) mass is 574 g/mol. The Labute approximate surface area is 247 Å². The molecule has 0 radical (unpaired) electrons. The molecule has 0 fully saturated rings. The van der Waals surface area contributed by atoms with Crippen molar-refractivity contribution in [1.82, 2.24) is 0 Å². The highest BCUT2D eigenvalue weighted by Gasteiger charge is 2.18. The van der Waals surface area contributed by atoms with E-state index in [1.807, 2.05) is 54.6 Å². The lowest BCUT2D eigenvalue weighted by Gasteiger charge is -2.17. The molecule has 8 nitrogen and oxygen atoms in total. The van der Waals surface area contributed by atoms with Gasteiger partial charge in [-0.3, -0.25) is 0 Å². The van der Waals surface area contributed by atoms with Crippen LogP contribution in [0.1, 0.15) is 22.3 Å². The molecule has 0 aliphatic heterocycles. The van der Waals surface area contributed by atoms with Crippen molar-refractivity contribution in [2.75, 3.05) is 42.7 Å². The quantitative estimate of drug-likeness (QED) is 0.176. The summed E-state index contributed by atoms with van der Waals surface area (Å²) in [5, 5.41) is 10.8. The van der Waals surface area contributed by atoms with Crippen LogP contribution in [0.15, 0.2) is 66.7 Å². The maximum atomic E-state index is 10.8. The zero-order chi connectivity index (χ0) is 30.1. The molecule has 0 spiro atoms. The summed E-state index contributed by atoms with van der Waals surface area (Å²) in [6, 6.07) is 21.3. The van der Waals surface area contributed by atoms with Gasteiger partial charge >= 0.3 is 0 Å². The predicted molar refractivity (Wildman–Crippen MR) is 162 cm³/mol. The van der Waals surface area contributed by atoms with Gasteiger partial charge in [0.15, 0.2) is 34.5 Å². The lowest BCUT2D eigenvalue weighted by atomic mass is 10.0. The van der Waals surface area contributed by atoms with Crippen molar-refractivity contribution >= 4 is 0 Å². The second-order valence-corrected chi connectivity index (χ2v) is 9.62. The van der Waals surface area contributed by atoms with Gasteiger partial charge in [-0.15, -0.1) is 0 Å². The summed E-state index contributed by atoms with van der Waals surface area (Å²) in [4.78, 5) is 0. The number of hydrogen-bond donors (Lipinski definition) is 1. The summed E-state index contributed by atoms with van der Waals surface area (Å²) in [5.74, 6) is 4.28.